The van der Waals surface area contributed by atoms with Crippen molar-refractivity contribution >= 4 is 11.5 Å². The SMILES string of the molecule is O=C1C=C(Nc2ccc(F)cc2F)C[C@@H](c2ccccc2)C1. The molecule has 22 heavy (non-hydrogen) atoms. The van der Waals surface area contributed by atoms with Gasteiger partial charge in [-0.3, -0.25) is 4.79 Å². The molecule has 1 aliphatic carbocycles. The molecule has 0 aromatic heterocycles. The van der Waals surface area contributed by atoms with Gasteiger partial charge in [0.1, 0.15) is 11.6 Å². The summed E-state index contributed by atoms with van der Waals surface area (Å²) in [6.07, 6.45) is 2.57. The lowest BCUT2D eigenvalue weighted by molar-refractivity contribution is -0.115. The van der Waals surface area contributed by atoms with Gasteiger partial charge in [0.2, 0.25) is 0 Å². The third-order valence-corrected chi connectivity index (χ3v) is 3.75. The minimum atomic E-state index is -0.671. The van der Waals surface area contributed by atoms with Gasteiger partial charge in [0, 0.05) is 24.3 Å². The Bertz CT molecular complexity index is 725. The minimum Gasteiger partial charge on any atom is -0.356 e. The molecular weight excluding hydrogens is 284 g/mol. The van der Waals surface area contributed by atoms with E-state index in [1.807, 2.05) is 30.3 Å². The molecule has 2 nitrogen and oxygen atoms in total. The first kappa shape index (κ1) is 14.4. The lowest BCUT2D eigenvalue weighted by atomic mass is 9.85. The third kappa shape index (κ3) is 3.22. The van der Waals surface area contributed by atoms with Crippen LogP contribution in [0.1, 0.15) is 24.3 Å². The fourth-order valence-corrected chi connectivity index (χ4v) is 2.70. The van der Waals surface area contributed by atoms with Crippen molar-refractivity contribution in [1.29, 1.82) is 0 Å². The van der Waals surface area contributed by atoms with Gasteiger partial charge in [-0.15, -0.1) is 0 Å². The summed E-state index contributed by atoms with van der Waals surface area (Å²) >= 11 is 0. The van der Waals surface area contributed by atoms with Gasteiger partial charge in [-0.1, -0.05) is 30.3 Å². The average molecular weight is 299 g/mol. The maximum Gasteiger partial charge on any atom is 0.158 e. The molecule has 0 saturated heterocycles. The number of rotatable bonds is 3. The number of carbonyl (C=O) groups excluding carboxylic acids is 1. The number of allylic oxidation sites excluding steroid dienone is 2. The van der Waals surface area contributed by atoms with Crippen molar-refractivity contribution in [3.63, 3.8) is 0 Å². The quantitative estimate of drug-likeness (QED) is 0.909. The van der Waals surface area contributed by atoms with Crippen molar-refractivity contribution in [1.82, 2.24) is 0 Å². The predicted molar refractivity (Wildman–Crippen MR) is 81.5 cm³/mol. The van der Waals surface area contributed by atoms with Gasteiger partial charge in [-0.2, -0.15) is 0 Å². The first-order valence-electron chi connectivity index (χ1n) is 7.12. The van der Waals surface area contributed by atoms with E-state index in [-0.39, 0.29) is 17.4 Å². The molecule has 2 aromatic rings. The molecule has 0 heterocycles. The molecule has 1 atom stereocenters. The Hall–Kier alpha value is -2.49. The van der Waals surface area contributed by atoms with E-state index in [0.29, 0.717) is 18.5 Å². The Morgan fingerprint density at radius 2 is 1.77 bits per heavy atom. The Morgan fingerprint density at radius 3 is 2.50 bits per heavy atom. The van der Waals surface area contributed by atoms with Crippen LogP contribution in [0.15, 0.2) is 60.3 Å². The molecule has 0 aliphatic heterocycles. The zero-order valence-electron chi connectivity index (χ0n) is 11.9. The summed E-state index contributed by atoms with van der Waals surface area (Å²) in [5.41, 5.74) is 1.91. The molecule has 0 fully saturated rings. The summed E-state index contributed by atoms with van der Waals surface area (Å²) in [6, 6.07) is 13.1. The Morgan fingerprint density at radius 1 is 1.00 bits per heavy atom. The second-order valence-corrected chi connectivity index (χ2v) is 5.40. The standard InChI is InChI=1S/C18H15F2NO/c19-14-6-7-18(17(20)10-14)21-15-8-13(9-16(22)11-15)12-4-2-1-3-5-12/h1-7,10-11,13,21H,8-9H2/t13-/m1/s1. The molecule has 0 saturated carbocycles. The summed E-state index contributed by atoms with van der Waals surface area (Å²) < 4.78 is 26.6. The van der Waals surface area contributed by atoms with E-state index >= 15 is 0 Å². The first-order chi connectivity index (χ1) is 10.6. The van der Waals surface area contributed by atoms with Crippen LogP contribution in [0.4, 0.5) is 14.5 Å². The van der Waals surface area contributed by atoms with Crippen LogP contribution in [-0.4, -0.2) is 5.78 Å². The summed E-state index contributed by atoms with van der Waals surface area (Å²) in [7, 11) is 0. The van der Waals surface area contributed by atoms with E-state index in [0.717, 1.165) is 11.6 Å². The molecule has 4 heteroatoms. The average Bonchev–Trinajstić information content (AvgIpc) is 2.50. The van der Waals surface area contributed by atoms with Crippen LogP contribution in [0.5, 0.6) is 0 Å². The van der Waals surface area contributed by atoms with Crippen molar-refractivity contribution in [2.45, 2.75) is 18.8 Å². The van der Waals surface area contributed by atoms with Crippen LogP contribution < -0.4 is 5.32 Å². The van der Waals surface area contributed by atoms with Crippen molar-refractivity contribution in [2.75, 3.05) is 5.32 Å². The van der Waals surface area contributed by atoms with Gasteiger partial charge in [-0.25, -0.2) is 8.78 Å². The number of hydrogen-bond donors (Lipinski definition) is 1. The van der Waals surface area contributed by atoms with Crippen LogP contribution in [0.2, 0.25) is 0 Å². The number of hydrogen-bond acceptors (Lipinski definition) is 2. The van der Waals surface area contributed by atoms with Crippen molar-refractivity contribution in [2.24, 2.45) is 0 Å². The van der Waals surface area contributed by atoms with E-state index in [9.17, 15) is 13.6 Å². The number of benzene rings is 2. The summed E-state index contributed by atoms with van der Waals surface area (Å²) in [5, 5.41) is 2.91. The fraction of sp³-hybridized carbons (Fsp3) is 0.167. The highest BCUT2D eigenvalue weighted by Crippen LogP contribution is 2.32. The predicted octanol–water partition coefficient (Wildman–Crippen LogP) is 4.41. The van der Waals surface area contributed by atoms with Crippen molar-refractivity contribution < 1.29 is 13.6 Å². The highest BCUT2D eigenvalue weighted by molar-refractivity contribution is 5.92. The highest BCUT2D eigenvalue weighted by atomic mass is 19.1. The van der Waals surface area contributed by atoms with Gasteiger partial charge in [0.05, 0.1) is 5.69 Å². The van der Waals surface area contributed by atoms with Gasteiger partial charge >= 0.3 is 0 Å². The molecular formula is C18H15F2NO. The second-order valence-electron chi connectivity index (χ2n) is 5.40. The molecule has 1 N–H and O–H groups in total. The number of ketones is 1. The van der Waals surface area contributed by atoms with E-state index in [1.165, 1.54) is 18.2 Å². The second kappa shape index (κ2) is 6.10. The topological polar surface area (TPSA) is 29.1 Å². The molecule has 0 spiro atoms. The van der Waals surface area contributed by atoms with Crippen LogP contribution in [0.25, 0.3) is 0 Å². The minimum absolute atomic E-state index is 0.00474. The van der Waals surface area contributed by atoms with E-state index in [1.54, 1.807) is 0 Å². The van der Waals surface area contributed by atoms with Gasteiger partial charge < -0.3 is 5.32 Å². The lowest BCUT2D eigenvalue weighted by Gasteiger charge is -2.23. The van der Waals surface area contributed by atoms with Crippen LogP contribution in [0.3, 0.4) is 0 Å². The number of halogens is 2. The Balaban J connectivity index is 1.80. The van der Waals surface area contributed by atoms with Crippen LogP contribution in [-0.2, 0) is 4.79 Å². The molecule has 0 radical (unpaired) electrons. The van der Waals surface area contributed by atoms with E-state index < -0.39 is 11.6 Å². The Kier molecular flexibility index (Phi) is 4.00. The van der Waals surface area contributed by atoms with Crippen LogP contribution in [0, 0.1) is 11.6 Å². The van der Waals surface area contributed by atoms with Crippen molar-refractivity contribution in [3.8, 4) is 0 Å². The molecule has 0 unspecified atom stereocenters. The number of anilines is 1. The zero-order chi connectivity index (χ0) is 15.5. The zero-order valence-corrected chi connectivity index (χ0v) is 11.9. The maximum absolute atomic E-state index is 13.7. The summed E-state index contributed by atoms with van der Waals surface area (Å²) in [4.78, 5) is 11.9. The molecule has 0 amide bonds. The normalized spacial score (nSPS) is 18.0. The first-order valence-corrected chi connectivity index (χ1v) is 7.12. The summed E-state index contributed by atoms with van der Waals surface area (Å²) in [5.74, 6) is -1.22. The van der Waals surface area contributed by atoms with E-state index in [2.05, 4.69) is 5.32 Å². The van der Waals surface area contributed by atoms with Gasteiger partial charge in [0.25, 0.3) is 0 Å². The third-order valence-electron chi connectivity index (χ3n) is 3.75. The fourth-order valence-electron chi connectivity index (χ4n) is 2.70. The molecule has 3 rings (SSSR count). The molecule has 1 aliphatic rings. The number of carbonyl (C=O) groups is 1. The monoisotopic (exact) mass is 299 g/mol. The van der Waals surface area contributed by atoms with Gasteiger partial charge in [0.15, 0.2) is 5.78 Å². The molecule has 0 bridgehead atoms. The smallest absolute Gasteiger partial charge is 0.158 e. The molecule has 112 valence electrons. The lowest BCUT2D eigenvalue weighted by Crippen LogP contribution is -2.17. The van der Waals surface area contributed by atoms with Gasteiger partial charge in [-0.05, 0) is 30.0 Å². The van der Waals surface area contributed by atoms with Crippen molar-refractivity contribution in [3.05, 3.63) is 77.5 Å². The van der Waals surface area contributed by atoms with Crippen LogP contribution >= 0.6 is 0 Å². The summed E-state index contributed by atoms with van der Waals surface area (Å²) in [6.45, 7) is 0. The highest BCUT2D eigenvalue weighted by Gasteiger charge is 2.22. The largest absolute Gasteiger partial charge is 0.356 e. The molecule has 2 aromatic carbocycles. The maximum atomic E-state index is 13.7. The number of nitrogens with one attached hydrogen (secondary N) is 1. The van der Waals surface area contributed by atoms with E-state index in [4.69, 9.17) is 0 Å². The Labute approximate surface area is 127 Å².